The summed E-state index contributed by atoms with van der Waals surface area (Å²) < 4.78 is 0. The Morgan fingerprint density at radius 3 is 2.38 bits per heavy atom. The van der Waals surface area contributed by atoms with Crippen LogP contribution in [0.3, 0.4) is 0 Å². The second kappa shape index (κ2) is 5.58. The number of hydrogen-bond acceptors (Lipinski definition) is 3. The van der Waals surface area contributed by atoms with Crippen molar-refractivity contribution < 1.29 is 0 Å². The average Bonchev–Trinajstić information content (AvgIpc) is 2.10. The van der Waals surface area contributed by atoms with Crippen molar-refractivity contribution in [3.63, 3.8) is 0 Å². The summed E-state index contributed by atoms with van der Waals surface area (Å²) >= 11 is 0. The first kappa shape index (κ1) is 11.0. The lowest BCUT2D eigenvalue weighted by atomic mass is 10.2. The van der Waals surface area contributed by atoms with Gasteiger partial charge in [0.2, 0.25) is 0 Å². The highest BCUT2D eigenvalue weighted by Gasteiger charge is 2.22. The fourth-order valence-corrected chi connectivity index (χ4v) is 1.99. The predicted molar refractivity (Wildman–Crippen MR) is 56.6 cm³/mol. The molecule has 1 unspecified atom stereocenters. The Hall–Kier alpha value is -0.120. The van der Waals surface area contributed by atoms with E-state index in [2.05, 4.69) is 23.6 Å². The number of rotatable bonds is 4. The third-order valence-electron chi connectivity index (χ3n) is 2.67. The Morgan fingerprint density at radius 2 is 1.85 bits per heavy atom. The van der Waals surface area contributed by atoms with E-state index in [9.17, 15) is 0 Å². The van der Waals surface area contributed by atoms with E-state index in [1.54, 1.807) is 0 Å². The van der Waals surface area contributed by atoms with E-state index >= 15 is 0 Å². The largest absolute Gasteiger partial charge is 0.315 e. The van der Waals surface area contributed by atoms with Gasteiger partial charge in [0.1, 0.15) is 0 Å². The van der Waals surface area contributed by atoms with E-state index in [0.29, 0.717) is 0 Å². The molecule has 0 aromatic carbocycles. The van der Waals surface area contributed by atoms with Crippen LogP contribution in [0.2, 0.25) is 0 Å². The second-order valence-electron chi connectivity index (χ2n) is 3.90. The molecule has 1 saturated heterocycles. The summed E-state index contributed by atoms with van der Waals surface area (Å²) in [7, 11) is 0. The lowest BCUT2D eigenvalue weighted by Gasteiger charge is -2.39. The van der Waals surface area contributed by atoms with Gasteiger partial charge in [-0.1, -0.05) is 13.8 Å². The first-order valence-electron chi connectivity index (χ1n) is 5.50. The maximum absolute atomic E-state index is 6.07. The van der Waals surface area contributed by atoms with Gasteiger partial charge >= 0.3 is 0 Å². The van der Waals surface area contributed by atoms with Gasteiger partial charge < -0.3 is 5.73 Å². The number of piperazine rings is 1. The van der Waals surface area contributed by atoms with Crippen molar-refractivity contribution >= 4 is 0 Å². The maximum atomic E-state index is 6.07. The molecule has 1 atom stereocenters. The van der Waals surface area contributed by atoms with Crippen LogP contribution in [0.25, 0.3) is 0 Å². The maximum Gasteiger partial charge on any atom is 0.0703 e. The lowest BCUT2D eigenvalue weighted by molar-refractivity contribution is 0.0777. The van der Waals surface area contributed by atoms with Crippen molar-refractivity contribution in [3.8, 4) is 0 Å². The van der Waals surface area contributed by atoms with Gasteiger partial charge in [0.25, 0.3) is 0 Å². The van der Waals surface area contributed by atoms with Gasteiger partial charge in [0, 0.05) is 19.6 Å². The minimum Gasteiger partial charge on any atom is -0.315 e. The molecule has 0 aromatic heterocycles. The molecule has 1 heterocycles. The quantitative estimate of drug-likeness (QED) is 0.700. The molecule has 1 aliphatic rings. The number of hydrogen-bond donors (Lipinski definition) is 1. The Kier molecular flexibility index (Phi) is 4.70. The molecule has 0 amide bonds. The Labute approximate surface area is 81.9 Å². The van der Waals surface area contributed by atoms with Gasteiger partial charge in [0.15, 0.2) is 0 Å². The van der Waals surface area contributed by atoms with E-state index in [1.165, 1.54) is 25.9 Å². The van der Waals surface area contributed by atoms with Crippen LogP contribution in [-0.4, -0.2) is 48.7 Å². The molecule has 1 fully saturated rings. The van der Waals surface area contributed by atoms with Crippen LogP contribution in [0.15, 0.2) is 0 Å². The zero-order valence-corrected chi connectivity index (χ0v) is 9.00. The summed E-state index contributed by atoms with van der Waals surface area (Å²) in [5.74, 6) is 0. The third kappa shape index (κ3) is 3.25. The van der Waals surface area contributed by atoms with Gasteiger partial charge in [-0.05, 0) is 25.9 Å². The minimum absolute atomic E-state index is 0.264. The average molecular weight is 185 g/mol. The summed E-state index contributed by atoms with van der Waals surface area (Å²) in [6, 6.07) is 0. The molecule has 1 aliphatic heterocycles. The second-order valence-corrected chi connectivity index (χ2v) is 3.90. The van der Waals surface area contributed by atoms with Crippen molar-refractivity contribution in [3.05, 3.63) is 0 Å². The molecular formula is C10H23N3. The highest BCUT2D eigenvalue weighted by molar-refractivity contribution is 4.77. The SMILES string of the molecule is CCCN1CCN(CCC)C(N)C1. The van der Waals surface area contributed by atoms with Gasteiger partial charge in [0.05, 0.1) is 6.17 Å². The van der Waals surface area contributed by atoms with Gasteiger partial charge in [-0.2, -0.15) is 0 Å². The molecule has 13 heavy (non-hydrogen) atoms. The van der Waals surface area contributed by atoms with Crippen LogP contribution >= 0.6 is 0 Å². The minimum atomic E-state index is 0.264. The van der Waals surface area contributed by atoms with Crippen molar-refractivity contribution in [2.75, 3.05) is 32.7 Å². The van der Waals surface area contributed by atoms with Crippen molar-refractivity contribution in [1.29, 1.82) is 0 Å². The molecule has 3 nitrogen and oxygen atoms in total. The van der Waals surface area contributed by atoms with Crippen molar-refractivity contribution in [1.82, 2.24) is 9.80 Å². The monoisotopic (exact) mass is 185 g/mol. The van der Waals surface area contributed by atoms with Crippen LogP contribution in [0.5, 0.6) is 0 Å². The van der Waals surface area contributed by atoms with E-state index < -0.39 is 0 Å². The molecule has 0 aliphatic carbocycles. The fraction of sp³-hybridized carbons (Fsp3) is 1.00. The van der Waals surface area contributed by atoms with Crippen LogP contribution in [0, 0.1) is 0 Å². The predicted octanol–water partition coefficient (Wildman–Crippen LogP) is 0.709. The molecule has 2 N–H and O–H groups in total. The summed E-state index contributed by atoms with van der Waals surface area (Å²) in [5, 5.41) is 0. The normalized spacial score (nSPS) is 26.5. The van der Waals surface area contributed by atoms with Crippen molar-refractivity contribution in [2.24, 2.45) is 5.73 Å². The summed E-state index contributed by atoms with van der Waals surface area (Å²) in [4.78, 5) is 4.86. The Balaban J connectivity index is 2.28. The Morgan fingerprint density at radius 1 is 1.15 bits per heavy atom. The molecule has 0 spiro atoms. The zero-order chi connectivity index (χ0) is 9.68. The molecule has 1 rings (SSSR count). The highest BCUT2D eigenvalue weighted by Crippen LogP contribution is 2.06. The topological polar surface area (TPSA) is 32.5 Å². The van der Waals surface area contributed by atoms with Crippen LogP contribution in [0.1, 0.15) is 26.7 Å². The number of nitrogens with zero attached hydrogens (tertiary/aromatic N) is 2. The molecule has 0 aromatic rings. The van der Waals surface area contributed by atoms with Crippen LogP contribution < -0.4 is 5.73 Å². The molecule has 0 radical (unpaired) electrons. The number of nitrogens with two attached hydrogens (primary N) is 1. The smallest absolute Gasteiger partial charge is 0.0703 e. The highest BCUT2D eigenvalue weighted by atomic mass is 15.3. The van der Waals surface area contributed by atoms with E-state index in [4.69, 9.17) is 5.73 Å². The fourth-order valence-electron chi connectivity index (χ4n) is 1.99. The van der Waals surface area contributed by atoms with E-state index in [-0.39, 0.29) is 6.17 Å². The molecule has 0 bridgehead atoms. The zero-order valence-electron chi connectivity index (χ0n) is 9.00. The van der Waals surface area contributed by atoms with Crippen molar-refractivity contribution in [2.45, 2.75) is 32.9 Å². The summed E-state index contributed by atoms with van der Waals surface area (Å²) in [5.41, 5.74) is 6.07. The van der Waals surface area contributed by atoms with E-state index in [0.717, 1.165) is 19.6 Å². The van der Waals surface area contributed by atoms with E-state index in [1.807, 2.05) is 0 Å². The molecule has 78 valence electrons. The first-order valence-corrected chi connectivity index (χ1v) is 5.50. The molecular weight excluding hydrogens is 162 g/mol. The molecule has 3 heteroatoms. The van der Waals surface area contributed by atoms with Gasteiger partial charge in [-0.25, -0.2) is 0 Å². The summed E-state index contributed by atoms with van der Waals surface area (Å²) in [6.07, 6.45) is 2.71. The summed E-state index contributed by atoms with van der Waals surface area (Å²) in [6.45, 7) is 10.2. The van der Waals surface area contributed by atoms with Gasteiger partial charge in [-0.15, -0.1) is 0 Å². The Bertz CT molecular complexity index is 138. The lowest BCUT2D eigenvalue weighted by Crippen LogP contribution is -2.57. The van der Waals surface area contributed by atoms with Crippen LogP contribution in [0.4, 0.5) is 0 Å². The van der Waals surface area contributed by atoms with Crippen LogP contribution in [-0.2, 0) is 0 Å². The standard InChI is InChI=1S/C10H23N3/c1-3-5-12-7-8-13(6-4-2)10(11)9-12/h10H,3-9,11H2,1-2H3. The third-order valence-corrected chi connectivity index (χ3v) is 2.67. The molecule has 0 saturated carbocycles. The van der Waals surface area contributed by atoms with Gasteiger partial charge in [-0.3, -0.25) is 9.80 Å². The first-order chi connectivity index (χ1) is 6.27.